The summed E-state index contributed by atoms with van der Waals surface area (Å²) in [7, 11) is 0. The molecule has 0 aliphatic carbocycles. The van der Waals surface area contributed by atoms with Gasteiger partial charge in [-0.3, -0.25) is 4.79 Å². The van der Waals surface area contributed by atoms with E-state index in [-0.39, 0.29) is 17.5 Å². The Morgan fingerprint density at radius 3 is 2.70 bits per heavy atom. The van der Waals surface area contributed by atoms with Gasteiger partial charge in [-0.25, -0.2) is 23.4 Å². The van der Waals surface area contributed by atoms with Crippen molar-refractivity contribution in [1.82, 2.24) is 19.7 Å². The molecule has 1 aliphatic heterocycles. The largest absolute Gasteiger partial charge is 0.356 e. The molecule has 7 nitrogen and oxygen atoms in total. The summed E-state index contributed by atoms with van der Waals surface area (Å²) in [6.45, 7) is 5.04. The van der Waals surface area contributed by atoms with E-state index < -0.39 is 11.6 Å². The van der Waals surface area contributed by atoms with Crippen LogP contribution in [0.3, 0.4) is 0 Å². The molecule has 1 aromatic carbocycles. The molecule has 0 spiro atoms. The van der Waals surface area contributed by atoms with Gasteiger partial charge in [0.25, 0.3) is 0 Å². The minimum Gasteiger partial charge on any atom is -0.356 e. The molecule has 2 aromatic heterocycles. The van der Waals surface area contributed by atoms with Gasteiger partial charge in [0.05, 0.1) is 17.3 Å². The van der Waals surface area contributed by atoms with Crippen LogP contribution in [0.5, 0.6) is 0 Å². The topological polar surface area (TPSA) is 75.9 Å². The third kappa shape index (κ3) is 4.14. The number of anilines is 2. The molecule has 1 N–H and O–H groups in total. The van der Waals surface area contributed by atoms with Gasteiger partial charge in [-0.1, -0.05) is 0 Å². The fraction of sp³-hybridized carbons (Fsp3) is 0.333. The fourth-order valence-electron chi connectivity index (χ4n) is 3.71. The molecular formula is C21H22F2N6O. The Hall–Kier alpha value is -3.36. The van der Waals surface area contributed by atoms with Crippen molar-refractivity contribution in [2.24, 2.45) is 5.92 Å². The molecule has 30 heavy (non-hydrogen) atoms. The van der Waals surface area contributed by atoms with Gasteiger partial charge in [0.15, 0.2) is 5.82 Å². The second-order valence-electron chi connectivity index (χ2n) is 7.47. The lowest BCUT2D eigenvalue weighted by Crippen LogP contribution is -2.41. The second kappa shape index (κ2) is 8.17. The summed E-state index contributed by atoms with van der Waals surface area (Å²) in [5, 5.41) is 6.96. The Morgan fingerprint density at radius 2 is 1.93 bits per heavy atom. The molecule has 4 rings (SSSR count). The highest BCUT2D eigenvalue weighted by Crippen LogP contribution is 2.25. The summed E-state index contributed by atoms with van der Waals surface area (Å²) in [5.74, 6) is -0.621. The highest BCUT2D eigenvalue weighted by atomic mass is 19.1. The van der Waals surface area contributed by atoms with Crippen LogP contribution in [0.15, 0.2) is 36.7 Å². The molecule has 0 bridgehead atoms. The van der Waals surface area contributed by atoms with Crippen LogP contribution in [0.4, 0.5) is 20.3 Å². The number of nitrogens with one attached hydrogen (secondary N) is 1. The maximum absolute atomic E-state index is 13.9. The first-order valence-corrected chi connectivity index (χ1v) is 9.77. The Morgan fingerprint density at radius 1 is 1.13 bits per heavy atom. The average Bonchev–Trinajstić information content (AvgIpc) is 3.09. The van der Waals surface area contributed by atoms with Crippen LogP contribution in [0, 0.1) is 31.4 Å². The van der Waals surface area contributed by atoms with Gasteiger partial charge in [0, 0.05) is 30.9 Å². The molecule has 0 radical (unpaired) electrons. The predicted octanol–water partition coefficient (Wildman–Crippen LogP) is 3.41. The van der Waals surface area contributed by atoms with Crippen molar-refractivity contribution < 1.29 is 13.6 Å². The number of carbonyl (C=O) groups excluding carboxylic acids is 1. The third-order valence-corrected chi connectivity index (χ3v) is 5.17. The van der Waals surface area contributed by atoms with E-state index in [0.717, 1.165) is 42.6 Å². The monoisotopic (exact) mass is 412 g/mol. The minimum atomic E-state index is -0.664. The van der Waals surface area contributed by atoms with Crippen molar-refractivity contribution in [3.63, 3.8) is 0 Å². The Balaban J connectivity index is 1.50. The van der Waals surface area contributed by atoms with Crippen molar-refractivity contribution in [3.8, 4) is 5.82 Å². The zero-order valence-corrected chi connectivity index (χ0v) is 16.8. The summed E-state index contributed by atoms with van der Waals surface area (Å²) < 4.78 is 29.0. The molecule has 9 heteroatoms. The van der Waals surface area contributed by atoms with E-state index in [4.69, 9.17) is 0 Å². The lowest BCUT2D eigenvalue weighted by atomic mass is 9.97. The van der Waals surface area contributed by atoms with E-state index in [2.05, 4.69) is 20.4 Å². The molecule has 1 aliphatic rings. The number of aryl methyl sites for hydroxylation is 2. The summed E-state index contributed by atoms with van der Waals surface area (Å²) >= 11 is 0. The first kappa shape index (κ1) is 19.9. The fourth-order valence-corrected chi connectivity index (χ4v) is 3.71. The van der Waals surface area contributed by atoms with Crippen LogP contribution in [0.1, 0.15) is 24.2 Å². The van der Waals surface area contributed by atoms with Gasteiger partial charge in [0.2, 0.25) is 5.91 Å². The molecule has 1 saturated heterocycles. The van der Waals surface area contributed by atoms with Crippen LogP contribution in [-0.2, 0) is 4.79 Å². The van der Waals surface area contributed by atoms with E-state index in [1.165, 1.54) is 6.33 Å². The maximum Gasteiger partial charge on any atom is 0.229 e. The highest BCUT2D eigenvalue weighted by molar-refractivity contribution is 5.93. The molecule has 1 unspecified atom stereocenters. The van der Waals surface area contributed by atoms with Crippen molar-refractivity contribution >= 4 is 17.4 Å². The number of hydrogen-bond acceptors (Lipinski definition) is 5. The van der Waals surface area contributed by atoms with Crippen LogP contribution < -0.4 is 10.2 Å². The summed E-state index contributed by atoms with van der Waals surface area (Å²) in [6, 6.07) is 6.81. The number of piperidine rings is 1. The van der Waals surface area contributed by atoms with Gasteiger partial charge >= 0.3 is 0 Å². The number of carbonyl (C=O) groups is 1. The number of halogens is 2. The van der Waals surface area contributed by atoms with Crippen molar-refractivity contribution in [2.75, 3.05) is 23.3 Å². The first-order chi connectivity index (χ1) is 14.4. The van der Waals surface area contributed by atoms with Crippen LogP contribution >= 0.6 is 0 Å². The van der Waals surface area contributed by atoms with Crippen molar-refractivity contribution in [2.45, 2.75) is 26.7 Å². The number of hydrogen-bond donors (Lipinski definition) is 1. The number of aromatic nitrogens is 4. The van der Waals surface area contributed by atoms with Crippen LogP contribution in [0.25, 0.3) is 5.82 Å². The second-order valence-corrected chi connectivity index (χ2v) is 7.47. The SMILES string of the molecule is Cc1cc(C)n(-c2cc(N3CCCC(C(=O)Nc4cc(F)ccc4F)C3)ncn2)n1. The van der Waals surface area contributed by atoms with E-state index in [0.29, 0.717) is 24.6 Å². The van der Waals surface area contributed by atoms with Crippen LogP contribution in [0.2, 0.25) is 0 Å². The number of nitrogens with zero attached hydrogens (tertiary/aromatic N) is 5. The third-order valence-electron chi connectivity index (χ3n) is 5.17. The molecule has 156 valence electrons. The van der Waals surface area contributed by atoms with E-state index in [9.17, 15) is 13.6 Å². The lowest BCUT2D eigenvalue weighted by Gasteiger charge is -2.33. The minimum absolute atomic E-state index is 0.147. The number of benzene rings is 1. The number of rotatable bonds is 4. The Bertz CT molecular complexity index is 1080. The zero-order valence-electron chi connectivity index (χ0n) is 16.8. The lowest BCUT2D eigenvalue weighted by molar-refractivity contribution is -0.120. The number of amides is 1. The van der Waals surface area contributed by atoms with E-state index in [1.807, 2.05) is 30.9 Å². The Labute approximate surface area is 172 Å². The normalized spacial score (nSPS) is 16.5. The van der Waals surface area contributed by atoms with Crippen molar-refractivity contribution in [3.05, 3.63) is 59.7 Å². The highest BCUT2D eigenvalue weighted by Gasteiger charge is 2.27. The van der Waals surface area contributed by atoms with E-state index >= 15 is 0 Å². The van der Waals surface area contributed by atoms with Gasteiger partial charge in [0.1, 0.15) is 23.8 Å². The Kier molecular flexibility index (Phi) is 5.43. The summed E-state index contributed by atoms with van der Waals surface area (Å²) in [5.41, 5.74) is 1.71. The molecule has 3 aromatic rings. The quantitative estimate of drug-likeness (QED) is 0.711. The molecule has 1 amide bonds. The molecule has 1 fully saturated rings. The van der Waals surface area contributed by atoms with Crippen LogP contribution in [-0.4, -0.2) is 38.7 Å². The molecule has 3 heterocycles. The smallest absolute Gasteiger partial charge is 0.229 e. The van der Waals surface area contributed by atoms with Gasteiger partial charge in [-0.05, 0) is 44.9 Å². The summed E-state index contributed by atoms with van der Waals surface area (Å²) in [6.07, 6.45) is 2.92. The molecular weight excluding hydrogens is 390 g/mol. The van der Waals surface area contributed by atoms with E-state index in [1.54, 1.807) is 4.68 Å². The van der Waals surface area contributed by atoms with Crippen molar-refractivity contribution in [1.29, 1.82) is 0 Å². The molecule has 1 atom stereocenters. The molecule has 0 saturated carbocycles. The standard InChI is InChI=1S/C21H22F2N6O/c1-13-8-14(2)29(27-13)20-10-19(24-12-25-20)28-7-3-4-15(11-28)21(30)26-18-9-16(22)5-6-17(18)23/h5-6,8-10,12,15H,3-4,7,11H2,1-2H3,(H,26,30). The maximum atomic E-state index is 13.9. The van der Waals surface area contributed by atoms with Gasteiger partial charge in [-0.15, -0.1) is 0 Å². The van der Waals surface area contributed by atoms with Gasteiger partial charge in [-0.2, -0.15) is 5.10 Å². The predicted molar refractivity (Wildman–Crippen MR) is 109 cm³/mol. The zero-order chi connectivity index (χ0) is 21.3. The summed E-state index contributed by atoms with van der Waals surface area (Å²) in [4.78, 5) is 23.4. The average molecular weight is 412 g/mol. The van der Waals surface area contributed by atoms with Gasteiger partial charge < -0.3 is 10.2 Å². The first-order valence-electron chi connectivity index (χ1n) is 9.77.